The third-order valence-electron chi connectivity index (χ3n) is 4.79. The lowest BCUT2D eigenvalue weighted by molar-refractivity contribution is 0.139. The molecule has 2 aliphatic heterocycles. The van der Waals surface area contributed by atoms with Gasteiger partial charge in [0, 0.05) is 44.0 Å². The summed E-state index contributed by atoms with van der Waals surface area (Å²) < 4.78 is 0. The summed E-state index contributed by atoms with van der Waals surface area (Å²) in [4.78, 5) is 5.25. The highest BCUT2D eigenvalue weighted by Gasteiger charge is 2.27. The summed E-state index contributed by atoms with van der Waals surface area (Å²) in [7, 11) is 0. The Morgan fingerprint density at radius 2 is 1.95 bits per heavy atom. The highest BCUT2D eigenvalue weighted by atomic mass is 15.3. The minimum Gasteiger partial charge on any atom is -0.369 e. The number of piperidine rings is 1. The van der Waals surface area contributed by atoms with Crippen molar-refractivity contribution in [2.24, 2.45) is 0 Å². The van der Waals surface area contributed by atoms with E-state index in [2.05, 4.69) is 53.2 Å². The van der Waals surface area contributed by atoms with Crippen LogP contribution in [0, 0.1) is 6.92 Å². The van der Waals surface area contributed by atoms with Crippen molar-refractivity contribution in [3.8, 4) is 0 Å². The Balaban J connectivity index is 1.56. The second kappa shape index (κ2) is 6.15. The molecule has 20 heavy (non-hydrogen) atoms. The number of nitrogens with one attached hydrogen (secondary N) is 1. The molecular weight excluding hydrogens is 246 g/mol. The van der Waals surface area contributed by atoms with Crippen LogP contribution >= 0.6 is 0 Å². The van der Waals surface area contributed by atoms with E-state index in [1.807, 2.05) is 0 Å². The first-order chi connectivity index (χ1) is 9.72. The first kappa shape index (κ1) is 13.9. The smallest absolute Gasteiger partial charge is 0.0369 e. The quantitative estimate of drug-likeness (QED) is 0.891. The van der Waals surface area contributed by atoms with Gasteiger partial charge in [0.05, 0.1) is 0 Å². The van der Waals surface area contributed by atoms with Gasteiger partial charge in [0.25, 0.3) is 0 Å². The molecule has 0 aliphatic carbocycles. The number of piperazine rings is 1. The van der Waals surface area contributed by atoms with Gasteiger partial charge >= 0.3 is 0 Å². The molecule has 2 heterocycles. The topological polar surface area (TPSA) is 18.5 Å². The summed E-state index contributed by atoms with van der Waals surface area (Å²) in [6, 6.07) is 10.4. The van der Waals surface area contributed by atoms with Crippen LogP contribution in [-0.4, -0.2) is 49.7 Å². The molecule has 2 atom stereocenters. The average molecular weight is 273 g/mol. The van der Waals surface area contributed by atoms with Gasteiger partial charge in [0.15, 0.2) is 0 Å². The molecule has 2 aliphatic rings. The molecule has 2 saturated heterocycles. The van der Waals surface area contributed by atoms with E-state index >= 15 is 0 Å². The van der Waals surface area contributed by atoms with Gasteiger partial charge in [-0.3, -0.25) is 4.90 Å². The lowest BCUT2D eigenvalue weighted by Gasteiger charge is -2.43. The highest BCUT2D eigenvalue weighted by Crippen LogP contribution is 2.21. The molecule has 3 heteroatoms. The lowest BCUT2D eigenvalue weighted by atomic mass is 9.98. The van der Waals surface area contributed by atoms with E-state index in [9.17, 15) is 0 Å². The standard InChI is InChI=1S/C17H27N3/c1-14-4-3-5-16(12-14)19-8-10-20(11-9-19)17-6-7-18-15(2)13-17/h3-5,12,15,17-18H,6-11,13H2,1-2H3. The molecule has 0 radical (unpaired) electrons. The first-order valence-electron chi connectivity index (χ1n) is 8.01. The van der Waals surface area contributed by atoms with Crippen molar-refractivity contribution in [2.75, 3.05) is 37.6 Å². The van der Waals surface area contributed by atoms with E-state index in [-0.39, 0.29) is 0 Å². The Labute approximate surface area is 123 Å². The van der Waals surface area contributed by atoms with Gasteiger partial charge < -0.3 is 10.2 Å². The van der Waals surface area contributed by atoms with Crippen LogP contribution in [-0.2, 0) is 0 Å². The molecule has 0 aromatic heterocycles. The minimum atomic E-state index is 0.684. The van der Waals surface area contributed by atoms with Crippen molar-refractivity contribution in [1.29, 1.82) is 0 Å². The van der Waals surface area contributed by atoms with Gasteiger partial charge in [-0.2, -0.15) is 0 Å². The molecule has 0 saturated carbocycles. The molecule has 1 aromatic carbocycles. The summed E-state index contributed by atoms with van der Waals surface area (Å²) in [5.74, 6) is 0. The molecule has 2 unspecified atom stereocenters. The monoisotopic (exact) mass is 273 g/mol. The number of benzene rings is 1. The number of hydrogen-bond donors (Lipinski definition) is 1. The van der Waals surface area contributed by atoms with Crippen molar-refractivity contribution in [1.82, 2.24) is 10.2 Å². The number of anilines is 1. The normalized spacial score (nSPS) is 28.6. The second-order valence-corrected chi connectivity index (χ2v) is 6.40. The van der Waals surface area contributed by atoms with Gasteiger partial charge in [0.1, 0.15) is 0 Å². The summed E-state index contributed by atoms with van der Waals surface area (Å²) in [5, 5.41) is 3.55. The fourth-order valence-corrected chi connectivity index (χ4v) is 3.61. The number of rotatable bonds is 2. The Bertz CT molecular complexity index is 438. The highest BCUT2D eigenvalue weighted by molar-refractivity contribution is 5.48. The Morgan fingerprint density at radius 3 is 2.65 bits per heavy atom. The van der Waals surface area contributed by atoms with Gasteiger partial charge in [0.2, 0.25) is 0 Å². The van der Waals surface area contributed by atoms with Crippen molar-refractivity contribution >= 4 is 5.69 Å². The Kier molecular flexibility index (Phi) is 4.27. The van der Waals surface area contributed by atoms with Gasteiger partial charge in [-0.05, 0) is 50.9 Å². The molecule has 1 aromatic rings. The summed E-state index contributed by atoms with van der Waals surface area (Å²) in [6.07, 6.45) is 2.62. The van der Waals surface area contributed by atoms with Crippen LogP contribution in [0.1, 0.15) is 25.3 Å². The van der Waals surface area contributed by atoms with E-state index in [0.29, 0.717) is 6.04 Å². The van der Waals surface area contributed by atoms with Crippen LogP contribution in [0.2, 0.25) is 0 Å². The van der Waals surface area contributed by atoms with E-state index in [1.165, 1.54) is 56.8 Å². The maximum absolute atomic E-state index is 3.55. The zero-order valence-corrected chi connectivity index (χ0v) is 12.8. The van der Waals surface area contributed by atoms with E-state index in [1.54, 1.807) is 0 Å². The van der Waals surface area contributed by atoms with Gasteiger partial charge in [-0.25, -0.2) is 0 Å². The maximum Gasteiger partial charge on any atom is 0.0369 e. The predicted octanol–water partition coefficient (Wildman–Crippen LogP) is 2.26. The number of aryl methyl sites for hydroxylation is 1. The number of hydrogen-bond acceptors (Lipinski definition) is 3. The van der Waals surface area contributed by atoms with Crippen LogP contribution in [0.15, 0.2) is 24.3 Å². The van der Waals surface area contributed by atoms with Crippen molar-refractivity contribution in [2.45, 2.75) is 38.8 Å². The van der Waals surface area contributed by atoms with Crippen molar-refractivity contribution < 1.29 is 0 Å². The van der Waals surface area contributed by atoms with E-state index in [4.69, 9.17) is 0 Å². The number of nitrogens with zero attached hydrogens (tertiary/aromatic N) is 2. The molecule has 3 rings (SSSR count). The molecule has 1 N–H and O–H groups in total. The fourth-order valence-electron chi connectivity index (χ4n) is 3.61. The molecule has 2 fully saturated rings. The summed E-state index contributed by atoms with van der Waals surface area (Å²) in [6.45, 7) is 10.4. The van der Waals surface area contributed by atoms with Gasteiger partial charge in [-0.15, -0.1) is 0 Å². The SMILES string of the molecule is Cc1cccc(N2CCN(C3CCNC(C)C3)CC2)c1. The zero-order valence-electron chi connectivity index (χ0n) is 12.8. The fraction of sp³-hybridized carbons (Fsp3) is 0.647. The van der Waals surface area contributed by atoms with Gasteiger partial charge in [-0.1, -0.05) is 12.1 Å². The molecule has 0 spiro atoms. The molecule has 110 valence electrons. The maximum atomic E-state index is 3.55. The molecular formula is C17H27N3. The van der Waals surface area contributed by atoms with Crippen LogP contribution in [0.25, 0.3) is 0 Å². The molecule has 0 amide bonds. The Hall–Kier alpha value is -1.06. The van der Waals surface area contributed by atoms with Crippen LogP contribution in [0.5, 0.6) is 0 Å². The van der Waals surface area contributed by atoms with Crippen LogP contribution < -0.4 is 10.2 Å². The summed E-state index contributed by atoms with van der Waals surface area (Å²) in [5.41, 5.74) is 2.75. The van der Waals surface area contributed by atoms with E-state index in [0.717, 1.165) is 6.04 Å². The molecule has 3 nitrogen and oxygen atoms in total. The molecule has 0 bridgehead atoms. The van der Waals surface area contributed by atoms with Crippen molar-refractivity contribution in [3.63, 3.8) is 0 Å². The minimum absolute atomic E-state index is 0.684. The summed E-state index contributed by atoms with van der Waals surface area (Å²) >= 11 is 0. The lowest BCUT2D eigenvalue weighted by Crippen LogP contribution is -2.54. The average Bonchev–Trinajstić information content (AvgIpc) is 2.47. The predicted molar refractivity (Wildman–Crippen MR) is 85.5 cm³/mol. The third kappa shape index (κ3) is 3.15. The largest absolute Gasteiger partial charge is 0.369 e. The zero-order chi connectivity index (χ0) is 13.9. The van der Waals surface area contributed by atoms with Crippen LogP contribution in [0.4, 0.5) is 5.69 Å². The van der Waals surface area contributed by atoms with Crippen molar-refractivity contribution in [3.05, 3.63) is 29.8 Å². The van der Waals surface area contributed by atoms with Crippen LogP contribution in [0.3, 0.4) is 0 Å². The Morgan fingerprint density at radius 1 is 1.15 bits per heavy atom. The second-order valence-electron chi connectivity index (χ2n) is 6.40. The van der Waals surface area contributed by atoms with E-state index < -0.39 is 0 Å². The first-order valence-corrected chi connectivity index (χ1v) is 8.01. The third-order valence-corrected chi connectivity index (χ3v) is 4.79.